The van der Waals surface area contributed by atoms with Crippen molar-refractivity contribution in [3.05, 3.63) is 65.2 Å². The zero-order valence-electron chi connectivity index (χ0n) is 13.4. The Balaban J connectivity index is 2.01. The van der Waals surface area contributed by atoms with E-state index in [4.69, 9.17) is 5.73 Å². The van der Waals surface area contributed by atoms with Crippen LogP contribution in [0.3, 0.4) is 0 Å². The summed E-state index contributed by atoms with van der Waals surface area (Å²) in [5, 5.41) is 0. The van der Waals surface area contributed by atoms with Crippen molar-refractivity contribution in [2.45, 2.75) is 11.8 Å². The summed E-state index contributed by atoms with van der Waals surface area (Å²) in [6.07, 6.45) is 0. The van der Waals surface area contributed by atoms with Gasteiger partial charge in [-0.25, -0.2) is 8.42 Å². The summed E-state index contributed by atoms with van der Waals surface area (Å²) in [7, 11) is -3.70. The van der Waals surface area contributed by atoms with Crippen molar-refractivity contribution in [2.24, 2.45) is 5.73 Å². The summed E-state index contributed by atoms with van der Waals surface area (Å²) in [5.74, 6) is 4.82. The fraction of sp³-hybridized carbons (Fsp3) is 0.111. The van der Waals surface area contributed by atoms with Gasteiger partial charge in [-0.3, -0.25) is 9.59 Å². The van der Waals surface area contributed by atoms with E-state index in [-0.39, 0.29) is 17.2 Å². The van der Waals surface area contributed by atoms with Crippen LogP contribution in [0.25, 0.3) is 0 Å². The van der Waals surface area contributed by atoms with Crippen LogP contribution >= 0.6 is 0 Å². The number of benzene rings is 2. The Labute approximate surface area is 146 Å². The predicted molar refractivity (Wildman–Crippen MR) is 93.5 cm³/mol. The molecule has 0 unspecified atom stereocenters. The molecule has 0 heterocycles. The van der Waals surface area contributed by atoms with Crippen molar-refractivity contribution in [3.8, 4) is 11.8 Å². The van der Waals surface area contributed by atoms with E-state index in [1.165, 1.54) is 31.2 Å². The van der Waals surface area contributed by atoms with E-state index in [2.05, 4.69) is 16.6 Å². The van der Waals surface area contributed by atoms with Crippen LogP contribution < -0.4 is 10.5 Å². The fourth-order valence-corrected chi connectivity index (χ4v) is 2.87. The van der Waals surface area contributed by atoms with E-state index in [1.54, 1.807) is 24.3 Å². The zero-order valence-corrected chi connectivity index (χ0v) is 14.3. The topological polar surface area (TPSA) is 106 Å². The van der Waals surface area contributed by atoms with Gasteiger partial charge in [-0.2, -0.15) is 4.72 Å². The van der Waals surface area contributed by atoms with Crippen LogP contribution in [-0.2, 0) is 10.0 Å². The predicted octanol–water partition coefficient (Wildman–Crippen LogP) is 1.32. The van der Waals surface area contributed by atoms with Crippen LogP contribution in [0.15, 0.2) is 53.4 Å². The molecule has 128 valence electrons. The number of Topliss-reactive ketones (excluding diaryl/α,β-unsaturated/α-hetero) is 1. The van der Waals surface area contributed by atoms with Crippen LogP contribution in [0.1, 0.15) is 33.2 Å². The molecule has 2 rings (SSSR count). The third-order valence-electron chi connectivity index (χ3n) is 3.32. The SMILES string of the molecule is CC(=O)c1ccc(S(=O)(=O)NCC#Cc2ccc(C(N)=O)cc2)cc1. The van der Waals surface area contributed by atoms with E-state index in [1.807, 2.05) is 0 Å². The number of amides is 1. The first-order chi connectivity index (χ1) is 11.8. The molecule has 2 aromatic rings. The average molecular weight is 356 g/mol. The van der Waals surface area contributed by atoms with Crippen molar-refractivity contribution in [2.75, 3.05) is 6.54 Å². The number of nitrogens with one attached hydrogen (secondary N) is 1. The van der Waals surface area contributed by atoms with Crippen LogP contribution in [0, 0.1) is 11.8 Å². The summed E-state index contributed by atoms with van der Waals surface area (Å²) in [6, 6.07) is 12.0. The number of carbonyl (C=O) groups is 2. The van der Waals surface area contributed by atoms with Crippen molar-refractivity contribution in [1.82, 2.24) is 4.72 Å². The van der Waals surface area contributed by atoms with Gasteiger partial charge in [-0.05, 0) is 43.3 Å². The lowest BCUT2D eigenvalue weighted by molar-refractivity contribution is 0.0996. The number of sulfonamides is 1. The molecule has 0 saturated carbocycles. The zero-order chi connectivity index (χ0) is 18.4. The number of hydrogen-bond donors (Lipinski definition) is 2. The Morgan fingerprint density at radius 3 is 2.08 bits per heavy atom. The monoisotopic (exact) mass is 356 g/mol. The molecular formula is C18H16N2O4S. The highest BCUT2D eigenvalue weighted by Crippen LogP contribution is 2.10. The molecule has 7 heteroatoms. The number of nitrogens with two attached hydrogens (primary N) is 1. The van der Waals surface area contributed by atoms with E-state index in [9.17, 15) is 18.0 Å². The van der Waals surface area contributed by atoms with Crippen molar-refractivity contribution in [3.63, 3.8) is 0 Å². The maximum Gasteiger partial charge on any atom is 0.248 e. The second-order valence-electron chi connectivity index (χ2n) is 5.15. The largest absolute Gasteiger partial charge is 0.366 e. The Morgan fingerprint density at radius 1 is 1.00 bits per heavy atom. The molecule has 0 radical (unpaired) electrons. The second kappa shape index (κ2) is 7.75. The lowest BCUT2D eigenvalue weighted by atomic mass is 10.1. The molecule has 0 spiro atoms. The quantitative estimate of drug-likeness (QED) is 0.622. The van der Waals surface area contributed by atoms with Gasteiger partial charge in [0.25, 0.3) is 0 Å². The Bertz CT molecular complexity index is 951. The molecule has 6 nitrogen and oxygen atoms in total. The van der Waals surface area contributed by atoms with Crippen molar-refractivity contribution >= 4 is 21.7 Å². The highest BCUT2D eigenvalue weighted by molar-refractivity contribution is 7.89. The van der Waals surface area contributed by atoms with E-state index >= 15 is 0 Å². The molecule has 0 aliphatic heterocycles. The smallest absolute Gasteiger partial charge is 0.248 e. The lowest BCUT2D eigenvalue weighted by Crippen LogP contribution is -2.24. The molecule has 0 atom stereocenters. The molecule has 0 aliphatic carbocycles. The van der Waals surface area contributed by atoms with Gasteiger partial charge in [0.2, 0.25) is 15.9 Å². The average Bonchev–Trinajstić information content (AvgIpc) is 2.59. The summed E-state index contributed by atoms with van der Waals surface area (Å²) < 4.78 is 26.6. The van der Waals surface area contributed by atoms with Crippen LogP contribution in [0.4, 0.5) is 0 Å². The summed E-state index contributed by atoms with van der Waals surface area (Å²) in [5.41, 5.74) is 6.60. The lowest BCUT2D eigenvalue weighted by Gasteiger charge is -2.04. The first kappa shape index (κ1) is 18.4. The molecule has 25 heavy (non-hydrogen) atoms. The molecular weight excluding hydrogens is 340 g/mol. The standard InChI is InChI=1S/C18H16N2O4S/c1-13(21)15-8-10-17(11-9-15)25(23,24)20-12-2-3-14-4-6-16(7-5-14)18(19)22/h4-11,20H,12H2,1H3,(H2,19,22). The first-order valence-corrected chi connectivity index (χ1v) is 8.77. The third kappa shape index (κ3) is 5.01. The minimum absolute atomic E-state index is 0.0603. The third-order valence-corrected chi connectivity index (χ3v) is 4.74. The number of ketones is 1. The number of carbonyl (C=O) groups excluding carboxylic acids is 2. The Morgan fingerprint density at radius 2 is 1.56 bits per heavy atom. The van der Waals surface area contributed by atoms with Gasteiger partial charge in [0.1, 0.15) is 0 Å². The number of hydrogen-bond acceptors (Lipinski definition) is 4. The maximum atomic E-state index is 12.1. The van der Waals surface area contributed by atoms with E-state index < -0.39 is 15.9 Å². The minimum atomic E-state index is -3.70. The van der Waals surface area contributed by atoms with E-state index in [0.29, 0.717) is 16.7 Å². The molecule has 0 aromatic heterocycles. The highest BCUT2D eigenvalue weighted by atomic mass is 32.2. The second-order valence-corrected chi connectivity index (χ2v) is 6.92. The molecule has 0 bridgehead atoms. The van der Waals surface area contributed by atoms with Crippen LogP contribution in [0.2, 0.25) is 0 Å². The minimum Gasteiger partial charge on any atom is -0.366 e. The molecule has 0 fully saturated rings. The summed E-state index contributed by atoms with van der Waals surface area (Å²) in [6.45, 7) is 1.34. The summed E-state index contributed by atoms with van der Waals surface area (Å²) in [4.78, 5) is 22.2. The Hall–Kier alpha value is -2.95. The van der Waals surface area contributed by atoms with Crippen molar-refractivity contribution < 1.29 is 18.0 Å². The van der Waals surface area contributed by atoms with Gasteiger partial charge >= 0.3 is 0 Å². The van der Waals surface area contributed by atoms with Gasteiger partial charge in [-0.1, -0.05) is 24.0 Å². The molecule has 1 amide bonds. The van der Waals surface area contributed by atoms with Gasteiger partial charge in [0, 0.05) is 16.7 Å². The highest BCUT2D eigenvalue weighted by Gasteiger charge is 2.13. The van der Waals surface area contributed by atoms with Gasteiger partial charge in [0.05, 0.1) is 11.4 Å². The molecule has 3 N–H and O–H groups in total. The van der Waals surface area contributed by atoms with Crippen LogP contribution in [0.5, 0.6) is 0 Å². The van der Waals surface area contributed by atoms with Gasteiger partial charge in [-0.15, -0.1) is 0 Å². The normalized spacial score (nSPS) is 10.6. The number of primary amides is 1. The Kier molecular flexibility index (Phi) is 5.70. The maximum absolute atomic E-state index is 12.1. The van der Waals surface area contributed by atoms with Crippen molar-refractivity contribution in [1.29, 1.82) is 0 Å². The number of rotatable bonds is 5. The first-order valence-electron chi connectivity index (χ1n) is 7.29. The summed E-state index contributed by atoms with van der Waals surface area (Å²) >= 11 is 0. The molecule has 0 saturated heterocycles. The van der Waals surface area contributed by atoms with Gasteiger partial charge in [0.15, 0.2) is 5.78 Å². The fourth-order valence-electron chi connectivity index (χ4n) is 1.95. The molecule has 2 aromatic carbocycles. The van der Waals surface area contributed by atoms with Gasteiger partial charge < -0.3 is 5.73 Å². The van der Waals surface area contributed by atoms with Crippen LogP contribution in [-0.4, -0.2) is 26.7 Å². The molecule has 0 aliphatic rings. The van der Waals surface area contributed by atoms with E-state index in [0.717, 1.165) is 0 Å².